The lowest BCUT2D eigenvalue weighted by atomic mass is 10.1. The van der Waals surface area contributed by atoms with Crippen LogP contribution >= 0.6 is 0 Å². The first-order chi connectivity index (χ1) is 14.4. The number of nitrogens with one attached hydrogen (secondary N) is 2. The zero-order valence-electron chi connectivity index (χ0n) is 17.9. The average Bonchev–Trinajstić information content (AvgIpc) is 3.07. The molecule has 31 heavy (non-hydrogen) atoms. The van der Waals surface area contributed by atoms with Crippen molar-refractivity contribution in [3.05, 3.63) is 47.5 Å². The maximum atomic E-state index is 13.5. The number of carbonyl (C=O) groups is 1. The number of halogens is 1. The number of aryl methyl sites for hydroxylation is 1. The van der Waals surface area contributed by atoms with Gasteiger partial charge in [-0.15, -0.1) is 0 Å². The number of sulfonamides is 1. The molecule has 0 saturated heterocycles. The van der Waals surface area contributed by atoms with Crippen LogP contribution in [0.15, 0.2) is 35.5 Å². The van der Waals surface area contributed by atoms with E-state index in [1.165, 1.54) is 28.9 Å². The van der Waals surface area contributed by atoms with E-state index in [9.17, 15) is 17.6 Å². The molecule has 0 unspecified atom stereocenters. The van der Waals surface area contributed by atoms with Gasteiger partial charge in [-0.3, -0.25) is 0 Å². The quantitative estimate of drug-likeness (QED) is 0.556. The first-order valence-corrected chi connectivity index (χ1v) is 11.0. The van der Waals surface area contributed by atoms with Crippen molar-refractivity contribution in [2.45, 2.75) is 45.1 Å². The summed E-state index contributed by atoms with van der Waals surface area (Å²) in [6.45, 7) is 8.64. The van der Waals surface area contributed by atoms with Gasteiger partial charge in [-0.1, -0.05) is 0 Å². The fourth-order valence-electron chi connectivity index (χ4n) is 2.93. The van der Waals surface area contributed by atoms with Crippen LogP contribution in [0, 0.1) is 12.7 Å². The second kappa shape index (κ2) is 8.23. The van der Waals surface area contributed by atoms with Crippen molar-refractivity contribution in [1.82, 2.24) is 19.3 Å². The number of benzene rings is 1. The molecule has 0 atom stereocenters. The Morgan fingerprint density at radius 3 is 2.58 bits per heavy atom. The number of rotatable bonds is 6. The van der Waals surface area contributed by atoms with Crippen molar-refractivity contribution in [3.63, 3.8) is 0 Å². The van der Waals surface area contributed by atoms with Crippen LogP contribution < -0.4 is 10.0 Å². The highest BCUT2D eigenvalue weighted by molar-refractivity contribution is 7.89. The summed E-state index contributed by atoms with van der Waals surface area (Å²) in [6, 6.07) is 4.11. The number of anilines is 2. The fourth-order valence-corrected chi connectivity index (χ4v) is 4.41. The van der Waals surface area contributed by atoms with Gasteiger partial charge in [0.25, 0.3) is 0 Å². The van der Waals surface area contributed by atoms with Crippen LogP contribution in [0.3, 0.4) is 0 Å². The number of hydrogen-bond donors (Lipinski definition) is 2. The van der Waals surface area contributed by atoms with Crippen LogP contribution in [0.5, 0.6) is 0 Å². The Morgan fingerprint density at radius 1 is 1.26 bits per heavy atom. The summed E-state index contributed by atoms with van der Waals surface area (Å²) >= 11 is 0. The number of fused-ring (bicyclic) bond motifs is 1. The zero-order chi connectivity index (χ0) is 23.0. The molecule has 11 heteroatoms. The van der Waals surface area contributed by atoms with E-state index < -0.39 is 27.3 Å². The molecule has 1 aromatic carbocycles. The molecule has 0 bridgehead atoms. The first kappa shape index (κ1) is 22.6. The van der Waals surface area contributed by atoms with Gasteiger partial charge in [0.15, 0.2) is 11.5 Å². The molecule has 0 amide bonds. The van der Waals surface area contributed by atoms with Crippen molar-refractivity contribution in [1.29, 1.82) is 0 Å². The van der Waals surface area contributed by atoms with Crippen LogP contribution in [0.25, 0.3) is 5.65 Å². The summed E-state index contributed by atoms with van der Waals surface area (Å²) in [5.74, 6) is -0.920. The second-order valence-corrected chi connectivity index (χ2v) is 9.58. The third-order valence-electron chi connectivity index (χ3n) is 4.16. The molecule has 0 aliphatic heterocycles. The molecular formula is C20H24FN5O4S. The molecule has 0 spiro atoms. The normalized spacial score (nSPS) is 12.2. The predicted molar refractivity (Wildman–Crippen MR) is 113 cm³/mol. The molecule has 0 aliphatic carbocycles. The van der Waals surface area contributed by atoms with Gasteiger partial charge in [-0.05, 0) is 58.4 Å². The van der Waals surface area contributed by atoms with Crippen LogP contribution in [0.2, 0.25) is 0 Å². The smallest absolute Gasteiger partial charge is 0.343 e. The lowest BCUT2D eigenvalue weighted by Gasteiger charge is -2.19. The van der Waals surface area contributed by atoms with Crippen LogP contribution in [0.4, 0.5) is 15.9 Å². The molecule has 2 N–H and O–H groups in total. The van der Waals surface area contributed by atoms with Gasteiger partial charge >= 0.3 is 5.97 Å². The number of esters is 1. The first-order valence-electron chi connectivity index (χ1n) is 9.54. The number of nitrogens with zero attached hydrogens (tertiary/aromatic N) is 3. The molecule has 3 rings (SSSR count). The third-order valence-corrected chi connectivity index (χ3v) is 5.91. The van der Waals surface area contributed by atoms with Crippen LogP contribution in [-0.4, -0.2) is 41.1 Å². The van der Waals surface area contributed by atoms with E-state index in [0.29, 0.717) is 11.3 Å². The van der Waals surface area contributed by atoms with Crippen LogP contribution in [-0.2, 0) is 14.8 Å². The molecule has 9 nitrogen and oxygen atoms in total. The summed E-state index contributed by atoms with van der Waals surface area (Å²) in [5, 5.41) is 7.19. The van der Waals surface area contributed by atoms with Gasteiger partial charge in [0.2, 0.25) is 10.0 Å². The zero-order valence-corrected chi connectivity index (χ0v) is 18.7. The van der Waals surface area contributed by atoms with Gasteiger partial charge in [0.05, 0.1) is 12.8 Å². The average molecular weight is 450 g/mol. The van der Waals surface area contributed by atoms with E-state index in [4.69, 9.17) is 4.74 Å². The lowest BCUT2D eigenvalue weighted by molar-refractivity contribution is 0.0526. The Bertz CT molecular complexity index is 1250. The predicted octanol–water partition coefficient (Wildman–Crippen LogP) is 3.17. The SMILES string of the molecule is CCOC(=O)c1cnc2c(S(=O)(=O)NC(C)(C)C)cnn2c1Nc1ccc(F)cc1C. The van der Waals surface area contributed by atoms with Crippen molar-refractivity contribution >= 4 is 33.1 Å². The molecule has 3 aromatic rings. The van der Waals surface area contributed by atoms with Gasteiger partial charge in [0.1, 0.15) is 16.3 Å². The van der Waals surface area contributed by atoms with Gasteiger partial charge in [0, 0.05) is 17.4 Å². The van der Waals surface area contributed by atoms with E-state index in [1.54, 1.807) is 34.6 Å². The van der Waals surface area contributed by atoms with E-state index in [1.807, 2.05) is 0 Å². The Morgan fingerprint density at radius 2 is 1.97 bits per heavy atom. The molecule has 0 radical (unpaired) electrons. The number of hydrogen-bond acceptors (Lipinski definition) is 7. The highest BCUT2D eigenvalue weighted by Crippen LogP contribution is 2.27. The van der Waals surface area contributed by atoms with Gasteiger partial charge in [-0.2, -0.15) is 9.61 Å². The fraction of sp³-hybridized carbons (Fsp3) is 0.350. The van der Waals surface area contributed by atoms with Crippen molar-refractivity contribution in [3.8, 4) is 0 Å². The highest BCUT2D eigenvalue weighted by atomic mass is 32.2. The molecule has 2 aromatic heterocycles. The molecule has 0 saturated carbocycles. The minimum atomic E-state index is -3.94. The van der Waals surface area contributed by atoms with Gasteiger partial charge in [-0.25, -0.2) is 27.3 Å². The Hall–Kier alpha value is -3.05. The van der Waals surface area contributed by atoms with Gasteiger partial charge < -0.3 is 10.1 Å². The van der Waals surface area contributed by atoms with Crippen molar-refractivity contribution in [2.75, 3.05) is 11.9 Å². The lowest BCUT2D eigenvalue weighted by Crippen LogP contribution is -2.40. The summed E-state index contributed by atoms with van der Waals surface area (Å²) in [4.78, 5) is 16.5. The summed E-state index contributed by atoms with van der Waals surface area (Å²) in [5.41, 5.74) is 0.437. The minimum absolute atomic E-state index is 0.0204. The second-order valence-electron chi connectivity index (χ2n) is 7.92. The van der Waals surface area contributed by atoms with Crippen molar-refractivity contribution < 1.29 is 22.3 Å². The van der Waals surface area contributed by atoms with E-state index >= 15 is 0 Å². The van der Waals surface area contributed by atoms with Crippen LogP contribution in [0.1, 0.15) is 43.6 Å². The number of carbonyl (C=O) groups excluding carboxylic acids is 1. The molecule has 166 valence electrons. The summed E-state index contributed by atoms with van der Waals surface area (Å²) in [7, 11) is -3.94. The highest BCUT2D eigenvalue weighted by Gasteiger charge is 2.28. The minimum Gasteiger partial charge on any atom is -0.462 e. The Kier molecular flexibility index (Phi) is 6.01. The Labute approximate surface area is 179 Å². The number of ether oxygens (including phenoxy) is 1. The standard InChI is InChI=1S/C20H24FN5O4S/c1-6-30-19(27)14-10-22-18-16(31(28,29)25-20(3,4)5)11-23-26(18)17(14)24-15-8-7-13(21)9-12(15)2/h7-11,24-25H,6H2,1-5H3. The molecule has 2 heterocycles. The van der Waals surface area contributed by atoms with E-state index in [0.717, 1.165) is 6.20 Å². The van der Waals surface area contributed by atoms with E-state index in [-0.39, 0.29) is 28.5 Å². The third kappa shape index (κ3) is 4.83. The monoisotopic (exact) mass is 449 g/mol. The van der Waals surface area contributed by atoms with E-state index in [2.05, 4.69) is 20.1 Å². The topological polar surface area (TPSA) is 115 Å². The van der Waals surface area contributed by atoms with Crippen molar-refractivity contribution in [2.24, 2.45) is 0 Å². The maximum absolute atomic E-state index is 13.5. The Balaban J connectivity index is 2.20. The molecule has 0 fully saturated rings. The molecule has 0 aliphatic rings. The maximum Gasteiger partial charge on any atom is 0.343 e. The molecular weight excluding hydrogens is 425 g/mol. The number of aromatic nitrogens is 3. The summed E-state index contributed by atoms with van der Waals surface area (Å²) in [6.07, 6.45) is 2.39. The largest absolute Gasteiger partial charge is 0.462 e. The summed E-state index contributed by atoms with van der Waals surface area (Å²) < 4.78 is 48.1.